The molecule has 0 saturated carbocycles. The Morgan fingerprint density at radius 2 is 1.65 bits per heavy atom. The van der Waals surface area contributed by atoms with Gasteiger partial charge in [-0.1, -0.05) is 73.3 Å². The summed E-state index contributed by atoms with van der Waals surface area (Å²) in [6, 6.07) is 18.3. The lowest BCUT2D eigenvalue weighted by Crippen LogP contribution is -2.01. The largest absolute Gasteiger partial charge is 0.488 e. The van der Waals surface area contributed by atoms with E-state index in [4.69, 9.17) is 4.74 Å². The van der Waals surface area contributed by atoms with Gasteiger partial charge in [-0.05, 0) is 22.8 Å². The molecule has 20 heavy (non-hydrogen) atoms. The second-order valence-electron chi connectivity index (χ2n) is 4.73. The van der Waals surface area contributed by atoms with Crippen LogP contribution < -0.4 is 4.74 Å². The van der Waals surface area contributed by atoms with Crippen molar-refractivity contribution in [1.82, 2.24) is 0 Å². The summed E-state index contributed by atoms with van der Waals surface area (Å²) in [4.78, 5) is 0. The van der Waals surface area contributed by atoms with Gasteiger partial charge in [0.15, 0.2) is 0 Å². The lowest BCUT2D eigenvalue weighted by atomic mass is 10.1. The van der Waals surface area contributed by atoms with E-state index in [0.717, 1.165) is 22.5 Å². The summed E-state index contributed by atoms with van der Waals surface area (Å²) in [6.07, 6.45) is 6.15. The third kappa shape index (κ3) is 2.57. The van der Waals surface area contributed by atoms with Gasteiger partial charge in [0.2, 0.25) is 0 Å². The molecule has 0 amide bonds. The Hall–Kier alpha value is -2.54. The molecule has 1 aliphatic rings. The quantitative estimate of drug-likeness (QED) is 0.720. The molecule has 1 heteroatoms. The lowest BCUT2D eigenvalue weighted by molar-refractivity contribution is 0.369. The first-order valence-corrected chi connectivity index (χ1v) is 6.68. The van der Waals surface area contributed by atoms with Crippen LogP contribution in [0.15, 0.2) is 79.4 Å². The van der Waals surface area contributed by atoms with Crippen molar-refractivity contribution < 1.29 is 4.74 Å². The summed E-state index contributed by atoms with van der Waals surface area (Å²) in [7, 11) is 0. The fourth-order valence-corrected chi connectivity index (χ4v) is 2.26. The summed E-state index contributed by atoms with van der Waals surface area (Å²) in [5.41, 5.74) is 4.35. The number of benzene rings is 2. The molecule has 0 unspecified atom stereocenters. The van der Waals surface area contributed by atoms with E-state index < -0.39 is 0 Å². The topological polar surface area (TPSA) is 9.23 Å². The first-order chi connectivity index (χ1) is 9.84. The predicted molar refractivity (Wildman–Crippen MR) is 84.5 cm³/mol. The normalized spacial score (nSPS) is 18.6. The number of ether oxygens (including phenoxy) is 1. The van der Waals surface area contributed by atoms with Crippen molar-refractivity contribution in [3.05, 3.63) is 90.5 Å². The maximum Gasteiger partial charge on any atom is 0.127 e. The molecule has 0 spiro atoms. The fraction of sp³-hybridized carbons (Fsp3) is 0.0526. The summed E-state index contributed by atoms with van der Waals surface area (Å²) >= 11 is 0. The van der Waals surface area contributed by atoms with Crippen molar-refractivity contribution >= 4 is 11.1 Å². The highest BCUT2D eigenvalue weighted by Gasteiger charge is 2.08. The molecule has 3 rings (SSSR count). The van der Waals surface area contributed by atoms with E-state index >= 15 is 0 Å². The number of fused-ring (bicyclic) bond motifs is 1. The highest BCUT2D eigenvalue weighted by molar-refractivity contribution is 5.78. The number of hydrogen-bond donors (Lipinski definition) is 0. The molecule has 0 aliphatic carbocycles. The SMILES string of the molecule is C=C1/C=C\C=C(\c2ccccc2)COc2ccccc21. The van der Waals surface area contributed by atoms with Crippen molar-refractivity contribution in [2.45, 2.75) is 0 Å². The van der Waals surface area contributed by atoms with E-state index in [1.54, 1.807) is 0 Å². The van der Waals surface area contributed by atoms with Crippen molar-refractivity contribution in [3.63, 3.8) is 0 Å². The van der Waals surface area contributed by atoms with Crippen LogP contribution in [-0.4, -0.2) is 6.61 Å². The maximum absolute atomic E-state index is 5.98. The second-order valence-corrected chi connectivity index (χ2v) is 4.73. The van der Waals surface area contributed by atoms with Crippen molar-refractivity contribution in [2.75, 3.05) is 6.61 Å². The molecule has 0 atom stereocenters. The predicted octanol–water partition coefficient (Wildman–Crippen LogP) is 4.73. The Bertz CT molecular complexity index is 678. The highest BCUT2D eigenvalue weighted by atomic mass is 16.5. The van der Waals surface area contributed by atoms with Gasteiger partial charge in [-0.15, -0.1) is 0 Å². The van der Waals surface area contributed by atoms with Crippen LogP contribution in [0.3, 0.4) is 0 Å². The number of hydrogen-bond acceptors (Lipinski definition) is 1. The fourth-order valence-electron chi connectivity index (χ4n) is 2.26. The standard InChI is InChI=1S/C19H16O/c1-15-8-7-11-17(16-9-3-2-4-10-16)14-20-19-13-6-5-12-18(15)19/h2-13H,1,14H2/b8-7-,17-11+. The van der Waals surface area contributed by atoms with E-state index in [2.05, 4.69) is 24.8 Å². The minimum atomic E-state index is 0.554. The van der Waals surface area contributed by atoms with Crippen molar-refractivity contribution in [3.8, 4) is 5.75 Å². The van der Waals surface area contributed by atoms with E-state index in [-0.39, 0.29) is 0 Å². The summed E-state index contributed by atoms with van der Waals surface area (Å²) < 4.78 is 5.98. The third-order valence-corrected chi connectivity index (χ3v) is 3.36. The van der Waals surface area contributed by atoms with Crippen LogP contribution in [-0.2, 0) is 0 Å². The van der Waals surface area contributed by atoms with E-state index in [1.165, 1.54) is 5.56 Å². The third-order valence-electron chi connectivity index (χ3n) is 3.36. The average molecular weight is 260 g/mol. The Kier molecular flexibility index (Phi) is 3.51. The molecule has 0 radical (unpaired) electrons. The van der Waals surface area contributed by atoms with Gasteiger partial charge >= 0.3 is 0 Å². The van der Waals surface area contributed by atoms with Crippen molar-refractivity contribution in [1.29, 1.82) is 0 Å². The van der Waals surface area contributed by atoms with E-state index in [1.807, 2.05) is 54.6 Å². The zero-order valence-corrected chi connectivity index (χ0v) is 11.3. The minimum Gasteiger partial charge on any atom is -0.488 e. The Balaban J connectivity index is 1.98. The van der Waals surface area contributed by atoms with Gasteiger partial charge in [-0.25, -0.2) is 0 Å². The van der Waals surface area contributed by atoms with E-state index in [9.17, 15) is 0 Å². The molecule has 2 aromatic carbocycles. The van der Waals surface area contributed by atoms with Gasteiger partial charge in [0, 0.05) is 5.56 Å². The van der Waals surface area contributed by atoms with Gasteiger partial charge in [0.05, 0.1) is 0 Å². The van der Waals surface area contributed by atoms with Crippen LogP contribution in [0, 0.1) is 0 Å². The monoisotopic (exact) mass is 260 g/mol. The maximum atomic E-state index is 5.98. The van der Waals surface area contributed by atoms with Crippen molar-refractivity contribution in [2.24, 2.45) is 0 Å². The molecule has 0 bridgehead atoms. The molecule has 1 nitrogen and oxygen atoms in total. The van der Waals surface area contributed by atoms with Gasteiger partial charge in [-0.3, -0.25) is 0 Å². The first-order valence-electron chi connectivity index (χ1n) is 6.68. The van der Waals surface area contributed by atoms with Crippen LogP contribution in [0.5, 0.6) is 5.75 Å². The molecule has 0 fully saturated rings. The Labute approximate surface area is 119 Å². The molecular weight excluding hydrogens is 244 g/mol. The molecule has 1 aliphatic heterocycles. The smallest absolute Gasteiger partial charge is 0.127 e. The lowest BCUT2D eigenvalue weighted by Gasteiger charge is -2.12. The molecular formula is C19H16O. The number of rotatable bonds is 1. The van der Waals surface area contributed by atoms with Gasteiger partial charge in [-0.2, -0.15) is 0 Å². The van der Waals surface area contributed by atoms with Crippen LogP contribution in [0.4, 0.5) is 0 Å². The summed E-state index contributed by atoms with van der Waals surface area (Å²) in [6.45, 7) is 4.65. The molecule has 0 aromatic heterocycles. The van der Waals surface area contributed by atoms with Gasteiger partial charge in [0.1, 0.15) is 12.4 Å². The number of allylic oxidation sites excluding steroid dienone is 4. The molecule has 0 N–H and O–H groups in total. The summed E-state index contributed by atoms with van der Waals surface area (Å²) in [5, 5.41) is 0. The van der Waals surface area contributed by atoms with Crippen LogP contribution in [0.2, 0.25) is 0 Å². The summed E-state index contributed by atoms with van der Waals surface area (Å²) in [5.74, 6) is 0.880. The minimum absolute atomic E-state index is 0.554. The van der Waals surface area contributed by atoms with Crippen LogP contribution in [0.25, 0.3) is 11.1 Å². The second kappa shape index (κ2) is 5.62. The van der Waals surface area contributed by atoms with E-state index in [0.29, 0.717) is 6.61 Å². The molecule has 1 heterocycles. The molecule has 2 aromatic rings. The average Bonchev–Trinajstić information content (AvgIpc) is 2.58. The van der Waals surface area contributed by atoms with Crippen LogP contribution >= 0.6 is 0 Å². The van der Waals surface area contributed by atoms with Gasteiger partial charge < -0.3 is 4.74 Å². The highest BCUT2D eigenvalue weighted by Crippen LogP contribution is 2.28. The first kappa shape index (κ1) is 12.5. The number of para-hydroxylation sites is 1. The molecule has 98 valence electrons. The Morgan fingerprint density at radius 1 is 0.900 bits per heavy atom. The zero-order valence-electron chi connectivity index (χ0n) is 11.3. The Morgan fingerprint density at radius 3 is 2.50 bits per heavy atom. The van der Waals surface area contributed by atoms with Crippen LogP contribution in [0.1, 0.15) is 11.1 Å². The van der Waals surface area contributed by atoms with Gasteiger partial charge in [0.25, 0.3) is 0 Å². The molecule has 0 saturated heterocycles. The zero-order chi connectivity index (χ0) is 13.8.